The van der Waals surface area contributed by atoms with Gasteiger partial charge in [0, 0.05) is 10.8 Å². The molecule has 3 aromatic rings. The molecule has 0 N–H and O–H groups in total. The second-order valence-corrected chi connectivity index (χ2v) is 4.55. The number of rotatable bonds is 2. The Morgan fingerprint density at radius 1 is 0.895 bits per heavy atom. The first-order valence-corrected chi connectivity index (χ1v) is 6.30. The van der Waals surface area contributed by atoms with Gasteiger partial charge in [0.2, 0.25) is 0 Å². The van der Waals surface area contributed by atoms with E-state index in [1.54, 1.807) is 0 Å². The molecule has 0 fully saturated rings. The number of nitriles is 1. The molecule has 1 nitrogen and oxygen atoms in total. The molecule has 0 bridgehead atoms. The lowest BCUT2D eigenvalue weighted by atomic mass is 9.91. The molecule has 0 spiro atoms. The van der Waals surface area contributed by atoms with Crippen LogP contribution in [0.5, 0.6) is 0 Å². The molecule has 0 heterocycles. The molecule has 0 amide bonds. The van der Waals surface area contributed by atoms with E-state index in [0.717, 1.165) is 33.5 Å². The van der Waals surface area contributed by atoms with Crippen LogP contribution in [0.1, 0.15) is 11.1 Å². The van der Waals surface area contributed by atoms with Crippen molar-refractivity contribution in [3.05, 3.63) is 72.3 Å². The first-order valence-electron chi connectivity index (χ1n) is 6.30. The zero-order chi connectivity index (χ0) is 13.2. The lowest BCUT2D eigenvalue weighted by Gasteiger charge is -2.12. The Hall–Kier alpha value is -2.59. The van der Waals surface area contributed by atoms with Crippen molar-refractivity contribution in [2.24, 2.45) is 0 Å². The minimum Gasteiger partial charge on any atom is -0.192 e. The molecule has 0 unspecified atom stereocenters. The lowest BCUT2D eigenvalue weighted by molar-refractivity contribution is 1.34. The monoisotopic (exact) mass is 243 g/mol. The van der Waals surface area contributed by atoms with Crippen molar-refractivity contribution in [1.82, 2.24) is 0 Å². The van der Waals surface area contributed by atoms with E-state index in [2.05, 4.69) is 24.8 Å². The van der Waals surface area contributed by atoms with Crippen LogP contribution in [0.25, 0.3) is 21.5 Å². The van der Waals surface area contributed by atoms with E-state index in [1.807, 2.05) is 42.5 Å². The normalized spacial score (nSPS) is 10.5. The van der Waals surface area contributed by atoms with Gasteiger partial charge in [0.1, 0.15) is 6.07 Å². The highest BCUT2D eigenvalue weighted by atomic mass is 14.3. The average molecular weight is 243 g/mol. The largest absolute Gasteiger partial charge is 0.192 e. The Kier molecular flexibility index (Phi) is 2.78. The minimum atomic E-state index is 0.763. The van der Waals surface area contributed by atoms with E-state index in [4.69, 9.17) is 0 Å². The van der Waals surface area contributed by atoms with Gasteiger partial charge in [0.05, 0.1) is 5.56 Å². The van der Waals surface area contributed by atoms with Crippen molar-refractivity contribution >= 4 is 21.5 Å². The molecular weight excluding hydrogens is 230 g/mol. The lowest BCUT2D eigenvalue weighted by Crippen LogP contribution is -1.92. The van der Waals surface area contributed by atoms with Crippen molar-refractivity contribution in [3.8, 4) is 6.07 Å². The van der Waals surface area contributed by atoms with E-state index in [-0.39, 0.29) is 0 Å². The highest BCUT2D eigenvalue weighted by Gasteiger charge is 2.11. The quantitative estimate of drug-likeness (QED) is 0.477. The van der Waals surface area contributed by atoms with Gasteiger partial charge in [-0.2, -0.15) is 5.26 Å². The Labute approximate surface area is 112 Å². The molecule has 0 saturated carbocycles. The number of allylic oxidation sites excluding steroid dienone is 1. The maximum atomic E-state index is 9.48. The summed E-state index contributed by atoms with van der Waals surface area (Å²) in [5.74, 6) is 0. The molecular formula is C18H13N. The molecule has 3 aromatic carbocycles. The van der Waals surface area contributed by atoms with Crippen LogP contribution in [0.15, 0.2) is 61.2 Å². The molecule has 0 aliphatic carbocycles. The van der Waals surface area contributed by atoms with Crippen LogP contribution in [0.2, 0.25) is 0 Å². The van der Waals surface area contributed by atoms with E-state index in [1.165, 1.54) is 5.56 Å². The van der Waals surface area contributed by atoms with Crippen LogP contribution >= 0.6 is 0 Å². The van der Waals surface area contributed by atoms with Crippen LogP contribution in [0.4, 0.5) is 0 Å². The second-order valence-electron chi connectivity index (χ2n) is 4.55. The predicted molar refractivity (Wildman–Crippen MR) is 80.1 cm³/mol. The highest BCUT2D eigenvalue weighted by Crippen LogP contribution is 2.32. The van der Waals surface area contributed by atoms with Crippen molar-refractivity contribution < 1.29 is 0 Å². The first kappa shape index (κ1) is 11.5. The van der Waals surface area contributed by atoms with Crippen LogP contribution in [-0.4, -0.2) is 0 Å². The standard InChI is InChI=1S/C18H13N/c1-2-7-13-14-8-3-5-10-16(14)18(12-19)17-11-6-4-9-15(13)17/h2-6,8-11H,1,7H2. The topological polar surface area (TPSA) is 23.8 Å². The van der Waals surface area contributed by atoms with Gasteiger partial charge in [-0.1, -0.05) is 54.6 Å². The number of nitrogens with zero attached hydrogens (tertiary/aromatic N) is 1. The van der Waals surface area contributed by atoms with Gasteiger partial charge >= 0.3 is 0 Å². The SMILES string of the molecule is C=CCc1c2ccccc2c(C#N)c2ccccc12. The first-order chi connectivity index (χ1) is 9.36. The van der Waals surface area contributed by atoms with Crippen molar-refractivity contribution in [3.63, 3.8) is 0 Å². The summed E-state index contributed by atoms with van der Waals surface area (Å²) in [7, 11) is 0. The third-order valence-electron chi connectivity index (χ3n) is 3.50. The Morgan fingerprint density at radius 2 is 1.37 bits per heavy atom. The maximum absolute atomic E-state index is 9.48. The van der Waals surface area contributed by atoms with Gasteiger partial charge in [0.15, 0.2) is 0 Å². The van der Waals surface area contributed by atoms with Crippen LogP contribution in [-0.2, 0) is 6.42 Å². The number of hydrogen-bond acceptors (Lipinski definition) is 1. The summed E-state index contributed by atoms with van der Waals surface area (Å²) in [5.41, 5.74) is 2.01. The van der Waals surface area contributed by atoms with Gasteiger partial charge in [-0.15, -0.1) is 6.58 Å². The fourth-order valence-corrected chi connectivity index (χ4v) is 2.70. The van der Waals surface area contributed by atoms with Crippen molar-refractivity contribution in [2.45, 2.75) is 6.42 Å². The summed E-state index contributed by atoms with van der Waals surface area (Å²) in [6.45, 7) is 3.85. The molecule has 3 rings (SSSR count). The molecule has 0 atom stereocenters. The average Bonchev–Trinajstić information content (AvgIpc) is 2.47. The van der Waals surface area contributed by atoms with Gasteiger partial charge in [-0.3, -0.25) is 0 Å². The van der Waals surface area contributed by atoms with Gasteiger partial charge in [-0.25, -0.2) is 0 Å². The molecule has 0 radical (unpaired) electrons. The summed E-state index contributed by atoms with van der Waals surface area (Å²) in [6, 6.07) is 18.6. The second kappa shape index (κ2) is 4.59. The maximum Gasteiger partial charge on any atom is 0.100 e. The zero-order valence-electron chi connectivity index (χ0n) is 10.6. The van der Waals surface area contributed by atoms with E-state index < -0.39 is 0 Å². The van der Waals surface area contributed by atoms with Crippen molar-refractivity contribution in [2.75, 3.05) is 0 Å². The molecule has 19 heavy (non-hydrogen) atoms. The predicted octanol–water partition coefficient (Wildman–Crippen LogP) is 4.59. The summed E-state index contributed by atoms with van der Waals surface area (Å²) in [6.07, 6.45) is 2.73. The van der Waals surface area contributed by atoms with Gasteiger partial charge < -0.3 is 0 Å². The number of benzene rings is 3. The third kappa shape index (κ3) is 1.70. The number of hydrogen-bond donors (Lipinski definition) is 0. The summed E-state index contributed by atoms with van der Waals surface area (Å²) < 4.78 is 0. The molecule has 0 saturated heterocycles. The highest BCUT2D eigenvalue weighted by molar-refractivity contribution is 6.07. The Bertz CT molecular complexity index is 765. The fourth-order valence-electron chi connectivity index (χ4n) is 2.70. The number of fused-ring (bicyclic) bond motifs is 2. The fraction of sp³-hybridized carbons (Fsp3) is 0.0556. The molecule has 0 aliphatic rings. The van der Waals surface area contributed by atoms with E-state index >= 15 is 0 Å². The molecule has 0 aliphatic heterocycles. The summed E-state index contributed by atoms with van der Waals surface area (Å²) in [5, 5.41) is 13.8. The van der Waals surface area contributed by atoms with Crippen LogP contribution in [0.3, 0.4) is 0 Å². The third-order valence-corrected chi connectivity index (χ3v) is 3.50. The molecule has 90 valence electrons. The van der Waals surface area contributed by atoms with Gasteiger partial charge in [0.25, 0.3) is 0 Å². The Morgan fingerprint density at radius 3 is 1.79 bits per heavy atom. The van der Waals surface area contributed by atoms with E-state index in [0.29, 0.717) is 0 Å². The molecule has 0 aromatic heterocycles. The van der Waals surface area contributed by atoms with Crippen molar-refractivity contribution in [1.29, 1.82) is 5.26 Å². The minimum absolute atomic E-state index is 0.763. The summed E-state index contributed by atoms with van der Waals surface area (Å²) >= 11 is 0. The van der Waals surface area contributed by atoms with Crippen LogP contribution in [0, 0.1) is 11.3 Å². The van der Waals surface area contributed by atoms with Gasteiger partial charge in [-0.05, 0) is 22.8 Å². The van der Waals surface area contributed by atoms with E-state index in [9.17, 15) is 5.26 Å². The molecule has 1 heteroatoms. The smallest absolute Gasteiger partial charge is 0.100 e. The zero-order valence-corrected chi connectivity index (χ0v) is 10.6. The van der Waals surface area contributed by atoms with Crippen LogP contribution < -0.4 is 0 Å². The summed E-state index contributed by atoms with van der Waals surface area (Å²) in [4.78, 5) is 0. The Balaban J connectivity index is 2.62.